The van der Waals surface area contributed by atoms with Crippen LogP contribution >= 0.6 is 0 Å². The van der Waals surface area contributed by atoms with E-state index in [1.54, 1.807) is 12.4 Å². The Kier molecular flexibility index (Phi) is 1.30. The minimum absolute atomic E-state index is 0.0957. The molecule has 1 aromatic heterocycles. The Morgan fingerprint density at radius 2 is 2.33 bits per heavy atom. The molecule has 0 aliphatic rings. The van der Waals surface area contributed by atoms with Gasteiger partial charge in [0, 0.05) is 6.07 Å². The van der Waals surface area contributed by atoms with Gasteiger partial charge in [-0.2, -0.15) is 0 Å². The highest BCUT2D eigenvalue weighted by Crippen LogP contribution is 2.15. The van der Waals surface area contributed by atoms with Gasteiger partial charge in [0.1, 0.15) is 0 Å². The summed E-state index contributed by atoms with van der Waals surface area (Å²) >= 11 is 0. The van der Waals surface area contributed by atoms with Crippen molar-refractivity contribution in [3.63, 3.8) is 0 Å². The van der Waals surface area contributed by atoms with Gasteiger partial charge in [0.25, 0.3) is 5.69 Å². The largest absolute Gasteiger partial charge is 0.273 e. The van der Waals surface area contributed by atoms with E-state index in [0.29, 0.717) is 0 Å². The standard InChI is InChI=1S/C7H5N3O2/c11-10(12)5-1-2-6-7(3-5)9-4-8-6/h1-4H,(H,8,9)/p+1. The van der Waals surface area contributed by atoms with E-state index in [1.807, 2.05) is 0 Å². The summed E-state index contributed by atoms with van der Waals surface area (Å²) in [4.78, 5) is 15.7. The number of fused-ring (bicyclic) bond motifs is 1. The van der Waals surface area contributed by atoms with Crippen LogP contribution in [0.15, 0.2) is 24.5 Å². The van der Waals surface area contributed by atoms with Crippen molar-refractivity contribution in [3.8, 4) is 0 Å². The lowest BCUT2D eigenvalue weighted by atomic mass is 10.3. The highest BCUT2D eigenvalue weighted by atomic mass is 16.6. The number of nitro groups is 1. The number of nitro benzene ring substituents is 1. The molecule has 2 rings (SSSR count). The van der Waals surface area contributed by atoms with Crippen LogP contribution in [0, 0.1) is 10.1 Å². The molecule has 0 bridgehead atoms. The number of nitrogens with one attached hydrogen (secondary N) is 2. The zero-order valence-corrected chi connectivity index (χ0v) is 6.07. The third-order valence-corrected chi connectivity index (χ3v) is 1.67. The first kappa shape index (κ1) is 6.78. The fourth-order valence-corrected chi connectivity index (χ4v) is 1.08. The zero-order chi connectivity index (χ0) is 8.55. The van der Waals surface area contributed by atoms with Crippen molar-refractivity contribution in [1.29, 1.82) is 0 Å². The van der Waals surface area contributed by atoms with Gasteiger partial charge in [0.2, 0.25) is 6.33 Å². The molecule has 12 heavy (non-hydrogen) atoms. The summed E-state index contributed by atoms with van der Waals surface area (Å²) in [6.07, 6.45) is 1.63. The molecule has 0 saturated heterocycles. The minimum atomic E-state index is -0.416. The molecule has 0 aliphatic carbocycles. The second kappa shape index (κ2) is 2.30. The fourth-order valence-electron chi connectivity index (χ4n) is 1.08. The predicted octanol–water partition coefficient (Wildman–Crippen LogP) is 0.890. The maximum Gasteiger partial charge on any atom is 0.273 e. The van der Waals surface area contributed by atoms with Gasteiger partial charge < -0.3 is 0 Å². The van der Waals surface area contributed by atoms with Crippen LogP contribution in [0.3, 0.4) is 0 Å². The maximum absolute atomic E-state index is 10.3. The Hall–Kier alpha value is -1.91. The van der Waals surface area contributed by atoms with E-state index < -0.39 is 4.92 Å². The van der Waals surface area contributed by atoms with E-state index >= 15 is 0 Å². The number of H-pyrrole nitrogens is 2. The Morgan fingerprint density at radius 3 is 3.08 bits per heavy atom. The number of rotatable bonds is 1. The van der Waals surface area contributed by atoms with Gasteiger partial charge in [-0.15, -0.1) is 0 Å². The molecule has 60 valence electrons. The van der Waals surface area contributed by atoms with E-state index in [4.69, 9.17) is 0 Å². The second-order valence-corrected chi connectivity index (χ2v) is 2.42. The molecule has 5 nitrogen and oxygen atoms in total. The van der Waals surface area contributed by atoms with Crippen molar-refractivity contribution in [1.82, 2.24) is 4.98 Å². The summed E-state index contributed by atoms with van der Waals surface area (Å²) in [6, 6.07) is 4.63. The summed E-state index contributed by atoms with van der Waals surface area (Å²) in [6.45, 7) is 0. The number of hydrogen-bond donors (Lipinski definition) is 1. The maximum atomic E-state index is 10.3. The Bertz CT molecular complexity index is 435. The molecule has 0 aliphatic heterocycles. The molecule has 2 N–H and O–H groups in total. The van der Waals surface area contributed by atoms with Gasteiger partial charge >= 0.3 is 0 Å². The van der Waals surface area contributed by atoms with Gasteiger partial charge in [-0.1, -0.05) is 0 Å². The summed E-state index contributed by atoms with van der Waals surface area (Å²) in [5.41, 5.74) is 1.70. The highest BCUT2D eigenvalue weighted by Gasteiger charge is 2.09. The monoisotopic (exact) mass is 164 g/mol. The zero-order valence-electron chi connectivity index (χ0n) is 6.07. The molecule has 0 amide bonds. The van der Waals surface area contributed by atoms with Crippen molar-refractivity contribution >= 4 is 16.7 Å². The van der Waals surface area contributed by atoms with Crippen LogP contribution in [0.5, 0.6) is 0 Å². The number of nitrogens with zero attached hydrogens (tertiary/aromatic N) is 1. The van der Waals surface area contributed by atoms with E-state index in [2.05, 4.69) is 9.97 Å². The smallest absolute Gasteiger partial charge is 0.258 e. The average molecular weight is 164 g/mol. The van der Waals surface area contributed by atoms with Crippen molar-refractivity contribution in [3.05, 3.63) is 34.6 Å². The van der Waals surface area contributed by atoms with Gasteiger partial charge in [-0.3, -0.25) is 10.1 Å². The minimum Gasteiger partial charge on any atom is -0.258 e. The number of non-ortho nitro benzene ring substituents is 1. The van der Waals surface area contributed by atoms with E-state index in [1.165, 1.54) is 12.1 Å². The van der Waals surface area contributed by atoms with Crippen LogP contribution < -0.4 is 4.98 Å². The molecule has 1 aromatic carbocycles. The topological polar surface area (TPSA) is 73.1 Å². The molecular formula is C7H6N3O2+. The Labute approximate surface area is 67.2 Å². The summed E-state index contributed by atoms with van der Waals surface area (Å²) in [5, 5.41) is 10.3. The molecular weight excluding hydrogens is 158 g/mol. The summed E-state index contributed by atoms with van der Waals surface area (Å²) < 4.78 is 0. The van der Waals surface area contributed by atoms with Crippen LogP contribution in [0.25, 0.3) is 11.0 Å². The van der Waals surface area contributed by atoms with Gasteiger partial charge in [0.05, 0.1) is 11.0 Å². The summed E-state index contributed by atoms with van der Waals surface area (Å²) in [7, 11) is 0. The van der Waals surface area contributed by atoms with Crippen LogP contribution in [-0.4, -0.2) is 9.91 Å². The lowest BCUT2D eigenvalue weighted by Crippen LogP contribution is -1.94. The van der Waals surface area contributed by atoms with Crippen LogP contribution in [0.4, 0.5) is 5.69 Å². The molecule has 0 spiro atoms. The van der Waals surface area contributed by atoms with Crippen LogP contribution in [0.1, 0.15) is 0 Å². The first-order valence-corrected chi connectivity index (χ1v) is 3.40. The third-order valence-electron chi connectivity index (χ3n) is 1.67. The predicted molar refractivity (Wildman–Crippen MR) is 41.5 cm³/mol. The quantitative estimate of drug-likeness (QED) is 0.502. The SMILES string of the molecule is O=[N+]([O-])c1ccc2[nH+]c[nH]c2c1. The molecule has 0 unspecified atom stereocenters. The Balaban J connectivity index is 2.68. The second-order valence-electron chi connectivity index (χ2n) is 2.42. The van der Waals surface area contributed by atoms with Crippen LogP contribution in [-0.2, 0) is 0 Å². The van der Waals surface area contributed by atoms with Crippen molar-refractivity contribution < 1.29 is 9.91 Å². The first-order valence-electron chi connectivity index (χ1n) is 3.40. The molecule has 0 saturated carbocycles. The molecule has 2 aromatic rings. The average Bonchev–Trinajstić information content (AvgIpc) is 2.49. The van der Waals surface area contributed by atoms with Gasteiger partial charge in [-0.25, -0.2) is 9.97 Å². The summed E-state index contributed by atoms with van der Waals surface area (Å²) in [5.74, 6) is 0. The lowest BCUT2D eigenvalue weighted by Gasteiger charge is -1.86. The van der Waals surface area contributed by atoms with Gasteiger partial charge in [-0.05, 0) is 6.07 Å². The molecule has 0 atom stereocenters. The van der Waals surface area contributed by atoms with E-state index in [-0.39, 0.29) is 5.69 Å². The van der Waals surface area contributed by atoms with Crippen molar-refractivity contribution in [2.24, 2.45) is 0 Å². The normalized spacial score (nSPS) is 10.3. The third kappa shape index (κ3) is 0.914. The fraction of sp³-hybridized carbons (Fsp3) is 0. The number of benzene rings is 1. The number of imidazole rings is 1. The lowest BCUT2D eigenvalue weighted by molar-refractivity contribution is -0.384. The number of aromatic nitrogens is 2. The van der Waals surface area contributed by atoms with E-state index in [9.17, 15) is 10.1 Å². The molecule has 5 heteroatoms. The van der Waals surface area contributed by atoms with Crippen LogP contribution in [0.2, 0.25) is 0 Å². The Morgan fingerprint density at radius 1 is 1.50 bits per heavy atom. The van der Waals surface area contributed by atoms with Gasteiger partial charge in [0.15, 0.2) is 11.0 Å². The van der Waals surface area contributed by atoms with E-state index in [0.717, 1.165) is 11.0 Å². The molecule has 0 fully saturated rings. The van der Waals surface area contributed by atoms with Crippen molar-refractivity contribution in [2.75, 3.05) is 0 Å². The molecule has 0 radical (unpaired) electrons. The van der Waals surface area contributed by atoms with Crippen molar-refractivity contribution in [2.45, 2.75) is 0 Å². The molecule has 1 heterocycles. The number of aromatic amines is 2. The highest BCUT2D eigenvalue weighted by molar-refractivity contribution is 5.73. The number of hydrogen-bond acceptors (Lipinski definition) is 2. The first-order chi connectivity index (χ1) is 5.77.